The molecule has 3 rings (SSSR count). The van der Waals surface area contributed by atoms with Gasteiger partial charge in [0.2, 0.25) is 0 Å². The van der Waals surface area contributed by atoms with Crippen molar-refractivity contribution in [2.24, 2.45) is 7.05 Å². The molecule has 0 saturated heterocycles. The summed E-state index contributed by atoms with van der Waals surface area (Å²) in [6.45, 7) is 4.28. The topological polar surface area (TPSA) is 12.0 Å². The van der Waals surface area contributed by atoms with Gasteiger partial charge in [0.05, 0.1) is 32.5 Å². The summed E-state index contributed by atoms with van der Waals surface area (Å²) in [5.41, 5.74) is 2.81. The summed E-state index contributed by atoms with van der Waals surface area (Å²) in [5.74, 6) is 1.28. The van der Waals surface area contributed by atoms with Crippen LogP contribution in [0.1, 0.15) is 12.5 Å². The van der Waals surface area contributed by atoms with Crippen molar-refractivity contribution in [2.75, 3.05) is 11.4 Å². The van der Waals surface area contributed by atoms with Gasteiger partial charge in [-0.05, 0) is 18.6 Å². The van der Waals surface area contributed by atoms with E-state index in [0.29, 0.717) is 0 Å². The van der Waals surface area contributed by atoms with Gasteiger partial charge >= 0.3 is 5.95 Å². The zero-order valence-corrected chi connectivity index (χ0v) is 10.4. The number of hydrogen-bond donors (Lipinski definition) is 0. The van der Waals surface area contributed by atoms with Gasteiger partial charge in [0, 0.05) is 6.42 Å². The van der Waals surface area contributed by atoms with E-state index >= 15 is 0 Å². The molecule has 0 amide bonds. The molecule has 0 aliphatic carbocycles. The second-order valence-corrected chi connectivity index (χ2v) is 4.53. The van der Waals surface area contributed by atoms with E-state index in [0.717, 1.165) is 19.5 Å². The Bertz CT molecular complexity index is 542. The number of benzene rings is 1. The van der Waals surface area contributed by atoms with Gasteiger partial charge < -0.3 is 0 Å². The quantitative estimate of drug-likeness (QED) is 0.716. The summed E-state index contributed by atoms with van der Waals surface area (Å²) in [7, 11) is 2.11. The van der Waals surface area contributed by atoms with Crippen LogP contribution in [0.2, 0.25) is 0 Å². The van der Waals surface area contributed by atoms with E-state index in [1.54, 1.807) is 0 Å². The first-order chi connectivity index (χ1) is 8.31. The molecular formula is C14H18N3+. The second-order valence-electron chi connectivity index (χ2n) is 4.53. The van der Waals surface area contributed by atoms with Crippen LogP contribution in [0.15, 0.2) is 36.7 Å². The number of aryl methyl sites for hydroxylation is 2. The predicted molar refractivity (Wildman–Crippen MR) is 68.4 cm³/mol. The van der Waals surface area contributed by atoms with Gasteiger partial charge in [0.15, 0.2) is 0 Å². The Labute approximate surface area is 102 Å². The van der Waals surface area contributed by atoms with Crippen LogP contribution < -0.4 is 9.47 Å². The van der Waals surface area contributed by atoms with Crippen molar-refractivity contribution in [3.8, 4) is 0 Å². The lowest BCUT2D eigenvalue weighted by atomic mass is 10.2. The number of hydrogen-bond acceptors (Lipinski definition) is 1. The molecule has 1 aromatic heterocycles. The zero-order chi connectivity index (χ0) is 11.8. The van der Waals surface area contributed by atoms with E-state index in [9.17, 15) is 0 Å². The molecule has 0 spiro atoms. The molecule has 0 fully saturated rings. The molecule has 0 unspecified atom stereocenters. The maximum absolute atomic E-state index is 2.42. The molecule has 2 aromatic rings. The Balaban J connectivity index is 2.09. The van der Waals surface area contributed by atoms with E-state index in [2.05, 4.69) is 64.7 Å². The van der Waals surface area contributed by atoms with Crippen molar-refractivity contribution in [3.05, 3.63) is 42.2 Å². The predicted octanol–water partition coefficient (Wildman–Crippen LogP) is 2.03. The number of rotatable bonds is 2. The van der Waals surface area contributed by atoms with Crippen LogP contribution in [-0.4, -0.2) is 11.1 Å². The summed E-state index contributed by atoms with van der Waals surface area (Å²) >= 11 is 0. The normalized spacial score (nSPS) is 14.1. The van der Waals surface area contributed by atoms with Crippen molar-refractivity contribution in [1.82, 2.24) is 4.57 Å². The Hall–Kier alpha value is -1.77. The Morgan fingerprint density at radius 1 is 1.29 bits per heavy atom. The standard InChI is InChI=1S/C14H18N3/c1-3-16-11-10-15(2)14(16)17-9-8-12-6-4-5-7-13(12)17/h4-7,10-11H,3,8-9H2,1-2H3/q+1. The molecule has 3 heteroatoms. The maximum atomic E-state index is 2.42. The van der Waals surface area contributed by atoms with Gasteiger partial charge in [-0.3, -0.25) is 0 Å². The summed E-state index contributed by atoms with van der Waals surface area (Å²) < 4.78 is 4.49. The minimum absolute atomic E-state index is 1.01. The van der Waals surface area contributed by atoms with Gasteiger partial charge in [0.1, 0.15) is 5.69 Å². The summed E-state index contributed by atoms with van der Waals surface area (Å²) in [6.07, 6.45) is 5.42. The third-order valence-corrected chi connectivity index (χ3v) is 3.51. The van der Waals surface area contributed by atoms with Crippen molar-refractivity contribution >= 4 is 11.6 Å². The number of aromatic nitrogens is 2. The number of nitrogens with zero attached hydrogens (tertiary/aromatic N) is 3. The minimum atomic E-state index is 1.01. The Kier molecular flexibility index (Phi) is 2.39. The second kappa shape index (κ2) is 3.91. The van der Waals surface area contributed by atoms with E-state index in [1.807, 2.05) is 0 Å². The highest BCUT2D eigenvalue weighted by molar-refractivity contribution is 5.64. The molecule has 1 aliphatic heterocycles. The van der Waals surface area contributed by atoms with E-state index in [-0.39, 0.29) is 0 Å². The van der Waals surface area contributed by atoms with Crippen LogP contribution in [0.4, 0.5) is 11.6 Å². The Morgan fingerprint density at radius 3 is 2.94 bits per heavy atom. The molecule has 0 saturated carbocycles. The lowest BCUT2D eigenvalue weighted by molar-refractivity contribution is -0.657. The summed E-state index contributed by atoms with van der Waals surface area (Å²) in [4.78, 5) is 2.42. The average molecular weight is 228 g/mol. The number of para-hydroxylation sites is 1. The fourth-order valence-electron chi connectivity index (χ4n) is 2.65. The molecule has 1 aliphatic rings. The largest absolute Gasteiger partial charge is 0.364 e. The van der Waals surface area contributed by atoms with Crippen molar-refractivity contribution in [1.29, 1.82) is 0 Å². The lowest BCUT2D eigenvalue weighted by Crippen LogP contribution is -2.35. The van der Waals surface area contributed by atoms with Gasteiger partial charge in [0.25, 0.3) is 0 Å². The molecule has 2 heterocycles. The first-order valence-electron chi connectivity index (χ1n) is 6.21. The number of anilines is 2. The average Bonchev–Trinajstić information content (AvgIpc) is 2.92. The number of fused-ring (bicyclic) bond motifs is 1. The van der Waals surface area contributed by atoms with Gasteiger partial charge in [-0.25, -0.2) is 14.0 Å². The molecule has 0 bridgehead atoms. The molecule has 1 aromatic carbocycles. The smallest absolute Gasteiger partial charge is 0.238 e. The molecule has 0 atom stereocenters. The van der Waals surface area contributed by atoms with Crippen molar-refractivity contribution in [3.63, 3.8) is 0 Å². The third-order valence-electron chi connectivity index (χ3n) is 3.51. The van der Waals surface area contributed by atoms with E-state index in [4.69, 9.17) is 0 Å². The van der Waals surface area contributed by atoms with Crippen LogP contribution in [-0.2, 0) is 20.0 Å². The van der Waals surface area contributed by atoms with Crippen LogP contribution in [0.25, 0.3) is 0 Å². The molecular weight excluding hydrogens is 210 g/mol. The lowest BCUT2D eigenvalue weighted by Gasteiger charge is -2.13. The van der Waals surface area contributed by atoms with E-state index < -0.39 is 0 Å². The number of imidazole rings is 1. The monoisotopic (exact) mass is 228 g/mol. The van der Waals surface area contributed by atoms with Crippen LogP contribution in [0, 0.1) is 0 Å². The first-order valence-corrected chi connectivity index (χ1v) is 6.21. The van der Waals surface area contributed by atoms with Gasteiger partial charge in [-0.15, -0.1) is 0 Å². The third kappa shape index (κ3) is 1.54. The fourth-order valence-corrected chi connectivity index (χ4v) is 2.65. The fraction of sp³-hybridized carbons (Fsp3) is 0.357. The molecule has 0 N–H and O–H groups in total. The summed E-state index contributed by atoms with van der Waals surface area (Å²) in [5, 5.41) is 0. The minimum Gasteiger partial charge on any atom is -0.238 e. The van der Waals surface area contributed by atoms with Crippen LogP contribution in [0.3, 0.4) is 0 Å². The van der Waals surface area contributed by atoms with Crippen molar-refractivity contribution in [2.45, 2.75) is 19.9 Å². The highest BCUT2D eigenvalue weighted by Gasteiger charge is 2.30. The zero-order valence-electron chi connectivity index (χ0n) is 10.4. The SMILES string of the molecule is CCn1cc[n+](C)c1N1CCc2ccccc21. The first kappa shape index (κ1) is 10.4. The van der Waals surface area contributed by atoms with Gasteiger partial charge in [-0.1, -0.05) is 18.2 Å². The van der Waals surface area contributed by atoms with Crippen LogP contribution >= 0.6 is 0 Å². The molecule has 3 nitrogen and oxygen atoms in total. The highest BCUT2D eigenvalue weighted by atomic mass is 15.4. The Morgan fingerprint density at radius 2 is 2.12 bits per heavy atom. The van der Waals surface area contributed by atoms with Crippen LogP contribution in [0.5, 0.6) is 0 Å². The molecule has 17 heavy (non-hydrogen) atoms. The maximum Gasteiger partial charge on any atom is 0.364 e. The highest BCUT2D eigenvalue weighted by Crippen LogP contribution is 2.32. The molecule has 88 valence electrons. The van der Waals surface area contributed by atoms with E-state index in [1.165, 1.54) is 17.2 Å². The van der Waals surface area contributed by atoms with Gasteiger partial charge in [-0.2, -0.15) is 0 Å². The van der Waals surface area contributed by atoms with Crippen molar-refractivity contribution < 1.29 is 4.57 Å². The summed E-state index contributed by atoms with van der Waals surface area (Å²) in [6, 6.07) is 8.70. The molecule has 0 radical (unpaired) electrons.